The molecule has 0 aliphatic carbocycles. The van der Waals surface area contributed by atoms with Crippen molar-refractivity contribution in [2.24, 2.45) is 0 Å². The second-order valence-corrected chi connectivity index (χ2v) is 2.33. The monoisotopic (exact) mass is 116 g/mol. The number of esters is 1. The van der Waals surface area contributed by atoms with Crippen molar-refractivity contribution in [2.45, 2.75) is 18.9 Å². The molecule has 0 aromatic heterocycles. The molecule has 3 heteroatoms. The summed E-state index contributed by atoms with van der Waals surface area (Å²) in [6.07, 6.45) is 0.132. The summed E-state index contributed by atoms with van der Waals surface area (Å²) in [4.78, 5) is 10.3. The fourth-order valence-electron chi connectivity index (χ4n) is 0.649. The van der Waals surface area contributed by atoms with Gasteiger partial charge < -0.3 is 9.84 Å². The van der Waals surface area contributed by atoms with E-state index in [4.69, 9.17) is 5.11 Å². The fourth-order valence-corrected chi connectivity index (χ4v) is 0.649. The Hall–Kier alpha value is -0.570. The molecule has 1 aliphatic rings. The second-order valence-electron chi connectivity index (χ2n) is 2.33. The first-order valence-electron chi connectivity index (χ1n) is 2.48. The lowest BCUT2D eigenvalue weighted by Gasteiger charge is -2.08. The third kappa shape index (κ3) is 0.980. The van der Waals surface area contributed by atoms with Crippen molar-refractivity contribution in [3.8, 4) is 0 Å². The topological polar surface area (TPSA) is 46.5 Å². The molecule has 0 aromatic carbocycles. The maximum Gasteiger partial charge on any atom is 0.308 e. The molecule has 0 bridgehead atoms. The second kappa shape index (κ2) is 1.45. The zero-order valence-electron chi connectivity index (χ0n) is 4.68. The molecule has 46 valence electrons. The zero-order valence-corrected chi connectivity index (χ0v) is 4.68. The quantitative estimate of drug-likeness (QED) is 0.441. The van der Waals surface area contributed by atoms with Crippen LogP contribution in [0.1, 0.15) is 13.3 Å². The Morgan fingerprint density at radius 2 is 2.50 bits per heavy atom. The van der Waals surface area contributed by atoms with Gasteiger partial charge in [-0.3, -0.25) is 4.79 Å². The number of carbonyl (C=O) groups is 1. The molecule has 3 nitrogen and oxygen atoms in total. The van der Waals surface area contributed by atoms with Crippen LogP contribution >= 0.6 is 0 Å². The van der Waals surface area contributed by atoms with Crippen LogP contribution in [0, 0.1) is 0 Å². The highest BCUT2D eigenvalue weighted by molar-refractivity contribution is 5.72. The number of rotatable bonds is 0. The number of hydrogen-bond acceptors (Lipinski definition) is 3. The molecule has 1 N–H and O–H groups in total. The van der Waals surface area contributed by atoms with Gasteiger partial charge in [-0.2, -0.15) is 0 Å². The maximum absolute atomic E-state index is 10.3. The van der Waals surface area contributed by atoms with E-state index in [9.17, 15) is 4.79 Å². The Morgan fingerprint density at radius 3 is 2.62 bits per heavy atom. The van der Waals surface area contributed by atoms with Gasteiger partial charge in [-0.05, 0) is 6.92 Å². The molecule has 1 atom stereocenters. The van der Waals surface area contributed by atoms with Crippen LogP contribution in [0.5, 0.6) is 0 Å². The lowest BCUT2D eigenvalue weighted by Crippen LogP contribution is -2.23. The van der Waals surface area contributed by atoms with E-state index >= 15 is 0 Å². The summed E-state index contributed by atoms with van der Waals surface area (Å²) in [5, 5.41) is 9.02. The van der Waals surface area contributed by atoms with Crippen LogP contribution < -0.4 is 0 Å². The van der Waals surface area contributed by atoms with Crippen molar-refractivity contribution >= 4 is 5.97 Å². The predicted octanol–water partition coefficient (Wildman–Crippen LogP) is -0.316. The van der Waals surface area contributed by atoms with Crippen LogP contribution in [-0.4, -0.2) is 23.3 Å². The Morgan fingerprint density at radius 1 is 1.88 bits per heavy atom. The molecule has 0 amide bonds. The van der Waals surface area contributed by atoms with Crippen LogP contribution in [0.4, 0.5) is 0 Å². The van der Waals surface area contributed by atoms with Crippen LogP contribution in [0.25, 0.3) is 0 Å². The van der Waals surface area contributed by atoms with Crippen LogP contribution in [0.2, 0.25) is 0 Å². The van der Waals surface area contributed by atoms with Gasteiger partial charge in [0.2, 0.25) is 0 Å². The number of ether oxygens (including phenoxy) is 1. The number of carbonyl (C=O) groups excluding carboxylic acids is 1. The molecule has 0 radical (unpaired) electrons. The Labute approximate surface area is 47.3 Å². The summed E-state index contributed by atoms with van der Waals surface area (Å²) in [6, 6.07) is 0. The van der Waals surface area contributed by atoms with Gasteiger partial charge in [-0.25, -0.2) is 0 Å². The smallest absolute Gasteiger partial charge is 0.308 e. The van der Waals surface area contributed by atoms with Gasteiger partial charge in [0.25, 0.3) is 0 Å². The fraction of sp³-hybridized carbons (Fsp3) is 0.800. The average molecular weight is 116 g/mol. The van der Waals surface area contributed by atoms with Gasteiger partial charge in [0.1, 0.15) is 12.2 Å². The minimum Gasteiger partial charge on any atom is -0.463 e. The molecule has 1 saturated heterocycles. The molecular weight excluding hydrogens is 108 g/mol. The van der Waals surface area contributed by atoms with Gasteiger partial charge in [-0.15, -0.1) is 0 Å². The normalized spacial score (nSPS) is 37.5. The summed E-state index contributed by atoms with van der Waals surface area (Å²) < 4.78 is 4.48. The highest BCUT2D eigenvalue weighted by Gasteiger charge is 2.33. The van der Waals surface area contributed by atoms with Gasteiger partial charge in [0, 0.05) is 0 Å². The maximum atomic E-state index is 10.3. The summed E-state index contributed by atoms with van der Waals surface area (Å²) in [5.41, 5.74) is -0.906. The van der Waals surface area contributed by atoms with Crippen LogP contribution in [0.15, 0.2) is 0 Å². The summed E-state index contributed by atoms with van der Waals surface area (Å²) in [5.74, 6) is -0.310. The minimum absolute atomic E-state index is 0.132. The SMILES string of the molecule is CC1(O)COC(=O)C1. The molecular formula is C5H8O3. The summed E-state index contributed by atoms with van der Waals surface area (Å²) in [7, 11) is 0. The number of hydrogen-bond donors (Lipinski definition) is 1. The van der Waals surface area contributed by atoms with Crippen molar-refractivity contribution in [3.63, 3.8) is 0 Å². The first kappa shape index (κ1) is 5.56. The summed E-state index contributed by atoms with van der Waals surface area (Å²) in [6.45, 7) is 1.73. The van der Waals surface area contributed by atoms with Gasteiger partial charge in [0.15, 0.2) is 0 Å². The molecule has 0 aromatic rings. The van der Waals surface area contributed by atoms with E-state index in [1.807, 2.05) is 0 Å². The van der Waals surface area contributed by atoms with Crippen molar-refractivity contribution in [2.75, 3.05) is 6.61 Å². The third-order valence-corrected chi connectivity index (χ3v) is 1.07. The van der Waals surface area contributed by atoms with Gasteiger partial charge >= 0.3 is 5.97 Å². The molecule has 1 aliphatic heterocycles. The van der Waals surface area contributed by atoms with Gasteiger partial charge in [0.05, 0.1) is 6.42 Å². The van der Waals surface area contributed by atoms with Crippen molar-refractivity contribution in [1.82, 2.24) is 0 Å². The van der Waals surface area contributed by atoms with Crippen molar-refractivity contribution < 1.29 is 14.6 Å². The molecule has 0 saturated carbocycles. The number of cyclic esters (lactones) is 1. The van der Waals surface area contributed by atoms with Crippen LogP contribution in [0.3, 0.4) is 0 Å². The molecule has 1 fully saturated rings. The lowest BCUT2D eigenvalue weighted by atomic mass is 10.1. The van der Waals surface area contributed by atoms with Gasteiger partial charge in [-0.1, -0.05) is 0 Å². The highest BCUT2D eigenvalue weighted by atomic mass is 16.6. The van der Waals surface area contributed by atoms with E-state index in [1.54, 1.807) is 6.92 Å². The molecule has 8 heavy (non-hydrogen) atoms. The molecule has 1 rings (SSSR count). The standard InChI is InChI=1S/C5H8O3/c1-5(7)2-4(6)8-3-5/h7H,2-3H2,1H3. The highest BCUT2D eigenvalue weighted by Crippen LogP contribution is 2.17. The Balaban J connectivity index is 2.56. The van der Waals surface area contributed by atoms with Crippen molar-refractivity contribution in [1.29, 1.82) is 0 Å². The average Bonchev–Trinajstić information content (AvgIpc) is 1.82. The van der Waals surface area contributed by atoms with E-state index in [-0.39, 0.29) is 19.0 Å². The lowest BCUT2D eigenvalue weighted by molar-refractivity contribution is -0.137. The zero-order chi connectivity index (χ0) is 6.20. The largest absolute Gasteiger partial charge is 0.463 e. The first-order valence-corrected chi connectivity index (χ1v) is 2.48. The minimum atomic E-state index is -0.906. The third-order valence-electron chi connectivity index (χ3n) is 1.07. The van der Waals surface area contributed by atoms with E-state index in [1.165, 1.54) is 0 Å². The number of aliphatic hydroxyl groups is 1. The van der Waals surface area contributed by atoms with Crippen molar-refractivity contribution in [3.05, 3.63) is 0 Å². The predicted molar refractivity (Wildman–Crippen MR) is 26.2 cm³/mol. The van der Waals surface area contributed by atoms with E-state index in [0.29, 0.717) is 0 Å². The Kier molecular flexibility index (Phi) is 1.01. The molecule has 1 unspecified atom stereocenters. The first-order chi connectivity index (χ1) is 3.60. The van der Waals surface area contributed by atoms with Crippen LogP contribution in [-0.2, 0) is 9.53 Å². The van der Waals surface area contributed by atoms with E-state index in [2.05, 4.69) is 4.74 Å². The molecule has 0 spiro atoms. The Bertz CT molecular complexity index is 117. The summed E-state index contributed by atoms with van der Waals surface area (Å²) >= 11 is 0. The van der Waals surface area contributed by atoms with E-state index in [0.717, 1.165) is 0 Å². The molecule has 1 heterocycles. The van der Waals surface area contributed by atoms with E-state index < -0.39 is 5.60 Å².